The van der Waals surface area contributed by atoms with Crippen molar-refractivity contribution >= 4 is 17.7 Å². The van der Waals surface area contributed by atoms with Gasteiger partial charge < -0.3 is 4.90 Å². The van der Waals surface area contributed by atoms with Gasteiger partial charge in [-0.05, 0) is 31.0 Å². The number of thioether (sulfide) groups is 1. The van der Waals surface area contributed by atoms with Crippen LogP contribution in [0, 0.1) is 11.6 Å². The molecule has 1 amide bonds. The molecule has 2 aromatic rings. The molecule has 0 saturated heterocycles. The average molecular weight is 402 g/mol. The fourth-order valence-electron chi connectivity index (χ4n) is 2.49. The van der Waals surface area contributed by atoms with Crippen molar-refractivity contribution in [3.63, 3.8) is 0 Å². The van der Waals surface area contributed by atoms with E-state index in [0.29, 0.717) is 5.03 Å². The predicted molar refractivity (Wildman–Crippen MR) is 89.9 cm³/mol. The number of carbonyl (C=O) groups excluding carboxylic acids is 1. The van der Waals surface area contributed by atoms with Crippen molar-refractivity contribution in [1.29, 1.82) is 0 Å². The van der Waals surface area contributed by atoms with Crippen molar-refractivity contribution in [2.45, 2.75) is 36.6 Å². The zero-order chi connectivity index (χ0) is 19.6. The number of alkyl halides is 3. The van der Waals surface area contributed by atoms with E-state index in [1.165, 1.54) is 17.0 Å². The van der Waals surface area contributed by atoms with Crippen molar-refractivity contribution in [2.24, 2.45) is 0 Å². The summed E-state index contributed by atoms with van der Waals surface area (Å²) in [6.45, 7) is 0.0244. The second kappa shape index (κ2) is 7.84. The third-order valence-electron chi connectivity index (χ3n) is 4.07. The SMILES string of the molecule is O=C(CSc1ccc(C(F)(F)F)cn1)N(Cc1ccc(F)cc1F)C1CC1. The minimum atomic E-state index is -4.46. The third-order valence-corrected chi connectivity index (χ3v) is 5.00. The largest absolute Gasteiger partial charge is 0.417 e. The van der Waals surface area contributed by atoms with Crippen LogP contribution < -0.4 is 0 Å². The smallest absolute Gasteiger partial charge is 0.335 e. The van der Waals surface area contributed by atoms with Gasteiger partial charge in [-0.3, -0.25) is 4.79 Å². The molecule has 1 saturated carbocycles. The molecule has 1 aromatic carbocycles. The van der Waals surface area contributed by atoms with Crippen molar-refractivity contribution in [3.05, 3.63) is 59.3 Å². The van der Waals surface area contributed by atoms with E-state index >= 15 is 0 Å². The highest BCUT2D eigenvalue weighted by atomic mass is 32.2. The Bertz CT molecular complexity index is 821. The van der Waals surface area contributed by atoms with Gasteiger partial charge in [-0.25, -0.2) is 13.8 Å². The van der Waals surface area contributed by atoms with Crippen molar-refractivity contribution in [1.82, 2.24) is 9.88 Å². The summed E-state index contributed by atoms with van der Waals surface area (Å²) in [7, 11) is 0. The Kier molecular flexibility index (Phi) is 5.69. The van der Waals surface area contributed by atoms with Gasteiger partial charge in [-0.15, -0.1) is 0 Å². The molecular formula is C18H15F5N2OS. The Labute approximate surface area is 156 Å². The summed E-state index contributed by atoms with van der Waals surface area (Å²) in [6.07, 6.45) is -2.14. The standard InChI is InChI=1S/C18H15F5N2OS/c19-13-3-1-11(15(20)7-13)9-25(14-4-5-14)17(26)10-27-16-6-2-12(8-24-16)18(21,22)23/h1-3,6-8,14H,4-5,9-10H2. The van der Waals surface area contributed by atoms with Crippen molar-refractivity contribution in [3.8, 4) is 0 Å². The molecule has 0 atom stereocenters. The summed E-state index contributed by atoms with van der Waals surface area (Å²) in [5.74, 6) is -1.71. The molecule has 1 heterocycles. The summed E-state index contributed by atoms with van der Waals surface area (Å²) in [5.41, 5.74) is -0.640. The maximum atomic E-state index is 13.9. The van der Waals surface area contributed by atoms with Gasteiger partial charge >= 0.3 is 6.18 Å². The summed E-state index contributed by atoms with van der Waals surface area (Å²) < 4.78 is 64.5. The lowest BCUT2D eigenvalue weighted by Crippen LogP contribution is -2.34. The number of rotatable bonds is 6. The lowest BCUT2D eigenvalue weighted by atomic mass is 10.2. The molecule has 9 heteroatoms. The van der Waals surface area contributed by atoms with E-state index in [2.05, 4.69) is 4.98 Å². The Morgan fingerprint density at radius 3 is 2.48 bits per heavy atom. The number of halogens is 5. The summed E-state index contributed by atoms with van der Waals surface area (Å²) in [5, 5.41) is 0.292. The molecule has 0 spiro atoms. The summed E-state index contributed by atoms with van der Waals surface area (Å²) in [4.78, 5) is 17.7. The molecule has 144 valence electrons. The van der Waals surface area contributed by atoms with E-state index in [0.717, 1.165) is 49.0 Å². The Morgan fingerprint density at radius 1 is 1.19 bits per heavy atom. The number of amides is 1. The molecule has 3 nitrogen and oxygen atoms in total. The number of aromatic nitrogens is 1. The number of benzene rings is 1. The highest BCUT2D eigenvalue weighted by Gasteiger charge is 2.33. The molecule has 1 fully saturated rings. The fourth-order valence-corrected chi connectivity index (χ4v) is 3.22. The topological polar surface area (TPSA) is 33.2 Å². The molecular weight excluding hydrogens is 387 g/mol. The maximum absolute atomic E-state index is 13.9. The average Bonchev–Trinajstić information content (AvgIpc) is 3.43. The van der Waals surface area contributed by atoms with Gasteiger partial charge in [0, 0.05) is 30.4 Å². The van der Waals surface area contributed by atoms with E-state index in [-0.39, 0.29) is 29.8 Å². The van der Waals surface area contributed by atoms with Gasteiger partial charge in [0.25, 0.3) is 0 Å². The van der Waals surface area contributed by atoms with Crippen LogP contribution in [0.1, 0.15) is 24.0 Å². The Morgan fingerprint density at radius 2 is 1.93 bits per heavy atom. The zero-order valence-electron chi connectivity index (χ0n) is 14.0. The molecule has 0 N–H and O–H groups in total. The lowest BCUT2D eigenvalue weighted by Gasteiger charge is -2.22. The first kappa shape index (κ1) is 19.6. The molecule has 0 aliphatic heterocycles. The van der Waals surface area contributed by atoms with Crippen LogP contribution in [0.3, 0.4) is 0 Å². The van der Waals surface area contributed by atoms with Crippen LogP contribution in [0.5, 0.6) is 0 Å². The van der Waals surface area contributed by atoms with Gasteiger partial charge in [0.2, 0.25) is 5.91 Å². The number of pyridine rings is 1. The fraction of sp³-hybridized carbons (Fsp3) is 0.333. The van der Waals surface area contributed by atoms with Gasteiger partial charge in [0.15, 0.2) is 0 Å². The number of hydrogen-bond donors (Lipinski definition) is 0. The van der Waals surface area contributed by atoms with E-state index in [9.17, 15) is 26.7 Å². The van der Waals surface area contributed by atoms with Crippen LogP contribution in [0.2, 0.25) is 0 Å². The van der Waals surface area contributed by atoms with Crippen LogP contribution >= 0.6 is 11.8 Å². The first-order valence-corrected chi connectivity index (χ1v) is 9.12. The van der Waals surface area contributed by atoms with E-state index in [1.54, 1.807) is 0 Å². The van der Waals surface area contributed by atoms with Gasteiger partial charge in [-0.1, -0.05) is 17.8 Å². The van der Waals surface area contributed by atoms with E-state index < -0.39 is 23.4 Å². The predicted octanol–water partition coefficient (Wildman–Crippen LogP) is 4.66. The summed E-state index contributed by atoms with van der Waals surface area (Å²) in [6, 6.07) is 5.33. The third kappa shape index (κ3) is 5.18. The van der Waals surface area contributed by atoms with Crippen LogP contribution in [0.4, 0.5) is 22.0 Å². The molecule has 1 aliphatic rings. The first-order valence-electron chi connectivity index (χ1n) is 8.13. The van der Waals surface area contributed by atoms with Gasteiger partial charge in [0.05, 0.1) is 16.3 Å². The first-order chi connectivity index (χ1) is 12.7. The lowest BCUT2D eigenvalue weighted by molar-refractivity contribution is -0.138. The Hall–Kier alpha value is -2.16. The maximum Gasteiger partial charge on any atom is 0.417 e. The number of carbonyl (C=O) groups is 1. The minimum absolute atomic E-state index is 0.00289. The normalized spacial score (nSPS) is 14.3. The quantitative estimate of drug-likeness (QED) is 0.521. The molecule has 0 radical (unpaired) electrons. The highest BCUT2D eigenvalue weighted by molar-refractivity contribution is 7.99. The van der Waals surface area contributed by atoms with Crippen molar-refractivity contribution < 1.29 is 26.7 Å². The Balaban J connectivity index is 1.62. The molecule has 27 heavy (non-hydrogen) atoms. The van der Waals surface area contributed by atoms with Crippen LogP contribution in [0.15, 0.2) is 41.6 Å². The van der Waals surface area contributed by atoms with Gasteiger partial charge in [0.1, 0.15) is 11.6 Å². The second-order valence-corrected chi connectivity index (χ2v) is 7.16. The number of hydrogen-bond acceptors (Lipinski definition) is 3. The molecule has 3 rings (SSSR count). The van der Waals surface area contributed by atoms with Gasteiger partial charge in [-0.2, -0.15) is 13.2 Å². The van der Waals surface area contributed by atoms with E-state index in [1.807, 2.05) is 0 Å². The summed E-state index contributed by atoms with van der Waals surface area (Å²) >= 11 is 1.02. The monoisotopic (exact) mass is 402 g/mol. The van der Waals surface area contributed by atoms with Crippen molar-refractivity contribution in [2.75, 3.05) is 5.75 Å². The van der Waals surface area contributed by atoms with Crippen LogP contribution in [-0.4, -0.2) is 27.6 Å². The molecule has 0 unspecified atom stereocenters. The van der Waals surface area contributed by atoms with E-state index in [4.69, 9.17) is 0 Å². The molecule has 1 aromatic heterocycles. The van der Waals surface area contributed by atoms with Crippen LogP contribution in [-0.2, 0) is 17.5 Å². The second-order valence-electron chi connectivity index (χ2n) is 6.16. The number of nitrogens with zero attached hydrogens (tertiary/aromatic N) is 2. The molecule has 0 bridgehead atoms. The van der Waals surface area contributed by atoms with Crippen LogP contribution in [0.25, 0.3) is 0 Å². The minimum Gasteiger partial charge on any atom is -0.335 e. The molecule has 1 aliphatic carbocycles. The zero-order valence-corrected chi connectivity index (χ0v) is 14.8. The highest BCUT2D eigenvalue weighted by Crippen LogP contribution is 2.31.